The van der Waals surface area contributed by atoms with Crippen molar-refractivity contribution in [3.63, 3.8) is 0 Å². The van der Waals surface area contributed by atoms with Crippen LogP contribution >= 0.6 is 11.6 Å². The van der Waals surface area contributed by atoms with Crippen molar-refractivity contribution in [2.45, 2.75) is 18.9 Å². The molecule has 1 atom stereocenters. The lowest BCUT2D eigenvalue weighted by Gasteiger charge is -2.09. The van der Waals surface area contributed by atoms with Gasteiger partial charge in [0.05, 0.1) is 6.10 Å². The molecule has 0 radical (unpaired) electrons. The van der Waals surface area contributed by atoms with Crippen LogP contribution in [0, 0.1) is 0 Å². The Morgan fingerprint density at radius 3 is 2.46 bits per heavy atom. The third kappa shape index (κ3) is 3.35. The molecule has 0 aliphatic rings. The molecule has 0 heterocycles. The highest BCUT2D eigenvalue weighted by molar-refractivity contribution is 6.30. The molecule has 0 saturated heterocycles. The molecule has 0 saturated carbocycles. The van der Waals surface area contributed by atoms with Crippen LogP contribution in [0.3, 0.4) is 0 Å². The zero-order chi connectivity index (χ0) is 9.68. The minimum Gasteiger partial charge on any atom is -0.388 e. The first-order chi connectivity index (χ1) is 6.24. The van der Waals surface area contributed by atoms with Crippen LogP contribution in [0.2, 0.25) is 5.02 Å². The van der Waals surface area contributed by atoms with Crippen LogP contribution in [0.25, 0.3) is 0 Å². The van der Waals surface area contributed by atoms with Crippen molar-refractivity contribution in [3.05, 3.63) is 34.9 Å². The van der Waals surface area contributed by atoms with Crippen molar-refractivity contribution in [1.82, 2.24) is 0 Å². The number of aliphatic hydroxyl groups is 1. The van der Waals surface area contributed by atoms with Gasteiger partial charge >= 0.3 is 0 Å². The van der Waals surface area contributed by atoms with Gasteiger partial charge in [-0.2, -0.15) is 0 Å². The third-order valence-corrected chi connectivity index (χ3v) is 2.19. The quantitative estimate of drug-likeness (QED) is 0.781. The molecule has 13 heavy (non-hydrogen) atoms. The predicted molar refractivity (Wildman–Crippen MR) is 54.7 cm³/mol. The van der Waals surface area contributed by atoms with Gasteiger partial charge in [-0.05, 0) is 37.1 Å². The molecule has 0 spiro atoms. The second kappa shape index (κ2) is 5.22. The van der Waals surface area contributed by atoms with E-state index in [0.717, 1.165) is 12.0 Å². The summed E-state index contributed by atoms with van der Waals surface area (Å²) in [6.07, 6.45) is 1.13. The molecule has 1 aromatic rings. The number of halogens is 1. The van der Waals surface area contributed by atoms with Crippen molar-refractivity contribution in [1.29, 1.82) is 0 Å². The molecule has 1 aromatic carbocycles. The maximum atomic E-state index is 9.64. The Kier molecular flexibility index (Phi) is 4.22. The molecule has 0 aliphatic heterocycles. The van der Waals surface area contributed by atoms with Gasteiger partial charge in [0.1, 0.15) is 0 Å². The molecule has 0 fully saturated rings. The summed E-state index contributed by atoms with van der Waals surface area (Å²) in [5.41, 5.74) is 6.25. The molecule has 3 heteroatoms. The van der Waals surface area contributed by atoms with Crippen molar-refractivity contribution < 1.29 is 5.11 Å². The van der Waals surface area contributed by atoms with E-state index in [0.29, 0.717) is 18.0 Å². The Balaban J connectivity index is 2.55. The van der Waals surface area contributed by atoms with E-state index in [1.807, 2.05) is 12.1 Å². The average Bonchev–Trinajstić information content (AvgIpc) is 2.15. The number of aliphatic hydroxyl groups excluding tert-OH is 1. The molecule has 1 rings (SSSR count). The van der Waals surface area contributed by atoms with E-state index in [2.05, 4.69) is 0 Å². The van der Waals surface area contributed by atoms with Gasteiger partial charge in [-0.1, -0.05) is 23.7 Å². The predicted octanol–water partition coefficient (Wildman–Crippen LogP) is 2.11. The van der Waals surface area contributed by atoms with Crippen LogP contribution in [-0.4, -0.2) is 11.7 Å². The van der Waals surface area contributed by atoms with E-state index in [1.54, 1.807) is 12.1 Å². The fraction of sp³-hybridized carbons (Fsp3) is 0.400. The van der Waals surface area contributed by atoms with Crippen LogP contribution in [0.5, 0.6) is 0 Å². The highest BCUT2D eigenvalue weighted by atomic mass is 35.5. The Hall–Kier alpha value is -0.570. The van der Waals surface area contributed by atoms with Gasteiger partial charge in [-0.3, -0.25) is 0 Å². The molecular weight excluding hydrogens is 186 g/mol. The van der Waals surface area contributed by atoms with Gasteiger partial charge in [-0.15, -0.1) is 0 Å². The first kappa shape index (κ1) is 10.5. The number of nitrogens with two attached hydrogens (primary N) is 1. The summed E-state index contributed by atoms with van der Waals surface area (Å²) >= 11 is 5.72. The summed E-state index contributed by atoms with van der Waals surface area (Å²) < 4.78 is 0. The zero-order valence-corrected chi connectivity index (χ0v) is 8.17. The molecule has 2 nitrogen and oxygen atoms in total. The Bertz CT molecular complexity index is 248. The lowest BCUT2D eigenvalue weighted by molar-refractivity contribution is 0.165. The maximum Gasteiger partial charge on any atom is 0.0790 e. The molecule has 0 bridgehead atoms. The average molecular weight is 200 g/mol. The highest BCUT2D eigenvalue weighted by Crippen LogP contribution is 2.19. The minimum atomic E-state index is -0.416. The monoisotopic (exact) mass is 199 g/mol. The number of hydrogen-bond donors (Lipinski definition) is 2. The van der Waals surface area contributed by atoms with Gasteiger partial charge in [-0.25, -0.2) is 0 Å². The molecular formula is C10H14ClNO. The van der Waals surface area contributed by atoms with Crippen molar-refractivity contribution in [3.8, 4) is 0 Å². The third-order valence-electron chi connectivity index (χ3n) is 1.94. The van der Waals surface area contributed by atoms with Crippen LogP contribution in [0.4, 0.5) is 0 Å². The van der Waals surface area contributed by atoms with Crippen LogP contribution < -0.4 is 5.73 Å². The van der Waals surface area contributed by atoms with Crippen LogP contribution in [-0.2, 0) is 0 Å². The molecule has 0 aromatic heterocycles. The zero-order valence-electron chi connectivity index (χ0n) is 7.41. The smallest absolute Gasteiger partial charge is 0.0790 e. The molecule has 0 aliphatic carbocycles. The SMILES string of the molecule is NCCC[C@@H](O)c1ccc(Cl)cc1. The fourth-order valence-electron chi connectivity index (χ4n) is 1.16. The van der Waals surface area contributed by atoms with E-state index in [9.17, 15) is 5.11 Å². The summed E-state index contributed by atoms with van der Waals surface area (Å²) in [4.78, 5) is 0. The van der Waals surface area contributed by atoms with E-state index in [-0.39, 0.29) is 0 Å². The molecule has 0 amide bonds. The van der Waals surface area contributed by atoms with Gasteiger partial charge in [0.2, 0.25) is 0 Å². The summed E-state index contributed by atoms with van der Waals surface area (Å²) in [6.45, 7) is 0.616. The Labute approximate surface area is 83.3 Å². The molecule has 0 unspecified atom stereocenters. The van der Waals surface area contributed by atoms with Crippen molar-refractivity contribution in [2.75, 3.05) is 6.54 Å². The minimum absolute atomic E-state index is 0.416. The normalized spacial score (nSPS) is 12.8. The van der Waals surface area contributed by atoms with E-state index in [1.165, 1.54) is 0 Å². The van der Waals surface area contributed by atoms with Gasteiger partial charge in [0, 0.05) is 5.02 Å². The second-order valence-corrected chi connectivity index (χ2v) is 3.43. The highest BCUT2D eigenvalue weighted by Gasteiger charge is 2.05. The summed E-state index contributed by atoms with van der Waals surface area (Å²) in [5.74, 6) is 0. The summed E-state index contributed by atoms with van der Waals surface area (Å²) in [7, 11) is 0. The fourth-order valence-corrected chi connectivity index (χ4v) is 1.29. The van der Waals surface area contributed by atoms with Gasteiger partial charge in [0.25, 0.3) is 0 Å². The Morgan fingerprint density at radius 2 is 1.92 bits per heavy atom. The largest absolute Gasteiger partial charge is 0.388 e. The number of benzene rings is 1. The lowest BCUT2D eigenvalue weighted by atomic mass is 10.1. The second-order valence-electron chi connectivity index (χ2n) is 3.00. The van der Waals surface area contributed by atoms with E-state index in [4.69, 9.17) is 17.3 Å². The van der Waals surface area contributed by atoms with Crippen molar-refractivity contribution in [2.24, 2.45) is 5.73 Å². The maximum absolute atomic E-state index is 9.64. The summed E-state index contributed by atoms with van der Waals surface area (Å²) in [6, 6.07) is 7.23. The van der Waals surface area contributed by atoms with Gasteiger partial charge in [0.15, 0.2) is 0 Å². The Morgan fingerprint density at radius 1 is 1.31 bits per heavy atom. The first-order valence-corrected chi connectivity index (χ1v) is 4.75. The first-order valence-electron chi connectivity index (χ1n) is 4.37. The molecule has 3 N–H and O–H groups in total. The standard InChI is InChI=1S/C10H14ClNO/c11-9-5-3-8(4-6-9)10(13)2-1-7-12/h3-6,10,13H,1-2,7,12H2/t10-/m1/s1. The lowest BCUT2D eigenvalue weighted by Crippen LogP contribution is -2.03. The summed E-state index contributed by atoms with van der Waals surface area (Å²) in [5, 5.41) is 10.3. The van der Waals surface area contributed by atoms with E-state index < -0.39 is 6.10 Å². The molecule has 72 valence electrons. The number of rotatable bonds is 4. The number of hydrogen-bond acceptors (Lipinski definition) is 2. The van der Waals surface area contributed by atoms with Crippen LogP contribution in [0.15, 0.2) is 24.3 Å². The topological polar surface area (TPSA) is 46.2 Å². The van der Waals surface area contributed by atoms with Crippen LogP contribution in [0.1, 0.15) is 24.5 Å². The van der Waals surface area contributed by atoms with Gasteiger partial charge < -0.3 is 10.8 Å². The van der Waals surface area contributed by atoms with E-state index >= 15 is 0 Å². The van der Waals surface area contributed by atoms with Crippen molar-refractivity contribution >= 4 is 11.6 Å².